The summed E-state index contributed by atoms with van der Waals surface area (Å²) in [6.07, 6.45) is 1.67. The van der Waals surface area contributed by atoms with Crippen LogP contribution in [0.3, 0.4) is 0 Å². The van der Waals surface area contributed by atoms with Gasteiger partial charge in [-0.15, -0.1) is 0 Å². The molecule has 1 fully saturated rings. The van der Waals surface area contributed by atoms with E-state index in [1.807, 2.05) is 6.07 Å². The van der Waals surface area contributed by atoms with Crippen LogP contribution in [-0.2, 0) is 28.9 Å². The van der Waals surface area contributed by atoms with Crippen molar-refractivity contribution in [2.75, 3.05) is 0 Å². The molecule has 1 heterocycles. The van der Waals surface area contributed by atoms with Crippen LogP contribution >= 0.6 is 0 Å². The fourth-order valence-corrected chi connectivity index (χ4v) is 3.04. The van der Waals surface area contributed by atoms with Crippen molar-refractivity contribution < 1.29 is 8.76 Å². The molecular formula is C11H13NO2S. The maximum atomic E-state index is 11.3. The third kappa shape index (κ3) is 1.36. The van der Waals surface area contributed by atoms with E-state index in [4.69, 9.17) is 0 Å². The quantitative estimate of drug-likeness (QED) is 0.747. The van der Waals surface area contributed by atoms with Crippen LogP contribution in [0, 0.1) is 0 Å². The molecule has 0 bridgehead atoms. The molecule has 1 aromatic carbocycles. The molecule has 0 aromatic heterocycles. The lowest BCUT2D eigenvalue weighted by Crippen LogP contribution is -2.13. The van der Waals surface area contributed by atoms with Gasteiger partial charge in [0.25, 0.3) is 0 Å². The molecule has 1 unspecified atom stereocenters. The summed E-state index contributed by atoms with van der Waals surface area (Å²) in [6, 6.07) is 6.18. The molecule has 0 amide bonds. The SMILES string of the molecule is O=S(O)C1(c2ccc3c(c2)CNC3)CC1. The molecule has 1 aliphatic carbocycles. The molecule has 0 radical (unpaired) electrons. The Hall–Kier alpha value is -0.710. The van der Waals surface area contributed by atoms with E-state index in [-0.39, 0.29) is 0 Å². The summed E-state index contributed by atoms with van der Waals surface area (Å²) in [5, 5.41) is 3.28. The molecule has 4 heteroatoms. The Bertz CT molecular complexity index is 440. The largest absolute Gasteiger partial charge is 0.309 e. The fraction of sp³-hybridized carbons (Fsp3) is 0.455. The molecule has 3 rings (SSSR count). The third-order valence-electron chi connectivity index (χ3n) is 3.40. The zero-order valence-corrected chi connectivity index (χ0v) is 9.14. The highest BCUT2D eigenvalue weighted by Gasteiger charge is 2.50. The van der Waals surface area contributed by atoms with E-state index in [0.717, 1.165) is 31.5 Å². The van der Waals surface area contributed by atoms with Gasteiger partial charge in [-0.25, -0.2) is 4.21 Å². The van der Waals surface area contributed by atoms with E-state index >= 15 is 0 Å². The van der Waals surface area contributed by atoms with Gasteiger partial charge in [0.2, 0.25) is 0 Å². The summed E-state index contributed by atoms with van der Waals surface area (Å²) < 4.78 is 20.1. The smallest absolute Gasteiger partial charge is 0.163 e. The van der Waals surface area contributed by atoms with E-state index in [1.54, 1.807) is 0 Å². The van der Waals surface area contributed by atoms with Gasteiger partial charge in [0.1, 0.15) is 0 Å². The van der Waals surface area contributed by atoms with Gasteiger partial charge >= 0.3 is 0 Å². The van der Waals surface area contributed by atoms with E-state index in [2.05, 4.69) is 17.4 Å². The highest BCUT2D eigenvalue weighted by Crippen LogP contribution is 2.50. The first-order valence-electron chi connectivity index (χ1n) is 5.16. The van der Waals surface area contributed by atoms with E-state index in [0.29, 0.717) is 0 Å². The summed E-state index contributed by atoms with van der Waals surface area (Å²) in [5.41, 5.74) is 3.63. The Morgan fingerprint density at radius 1 is 1.27 bits per heavy atom. The zero-order chi connectivity index (χ0) is 10.5. The van der Waals surface area contributed by atoms with Crippen LogP contribution in [0.4, 0.5) is 0 Å². The Balaban J connectivity index is 2.03. The van der Waals surface area contributed by atoms with Crippen LogP contribution in [0.25, 0.3) is 0 Å². The first-order valence-corrected chi connectivity index (χ1v) is 6.27. The third-order valence-corrected chi connectivity index (χ3v) is 4.71. The van der Waals surface area contributed by atoms with Gasteiger partial charge in [-0.05, 0) is 29.5 Å². The predicted octanol–water partition coefficient (Wildman–Crippen LogP) is 1.50. The van der Waals surface area contributed by atoms with Crippen LogP contribution in [0.5, 0.6) is 0 Å². The average molecular weight is 223 g/mol. The monoisotopic (exact) mass is 223 g/mol. The molecule has 2 aliphatic rings. The van der Waals surface area contributed by atoms with E-state index in [9.17, 15) is 8.76 Å². The molecule has 80 valence electrons. The summed E-state index contributed by atoms with van der Waals surface area (Å²) in [4.78, 5) is 0. The number of nitrogens with one attached hydrogen (secondary N) is 1. The first-order chi connectivity index (χ1) is 7.22. The van der Waals surface area contributed by atoms with Gasteiger partial charge in [0, 0.05) is 13.1 Å². The van der Waals surface area contributed by atoms with Crippen LogP contribution < -0.4 is 5.32 Å². The van der Waals surface area contributed by atoms with Crippen molar-refractivity contribution in [2.24, 2.45) is 0 Å². The zero-order valence-electron chi connectivity index (χ0n) is 8.32. The minimum Gasteiger partial charge on any atom is -0.309 e. The molecule has 1 aromatic rings. The Morgan fingerprint density at radius 2 is 2.00 bits per heavy atom. The second-order valence-corrected chi connectivity index (χ2v) is 5.61. The van der Waals surface area contributed by atoms with Crippen LogP contribution in [-0.4, -0.2) is 8.76 Å². The number of fused-ring (bicyclic) bond motifs is 1. The normalized spacial score (nSPS) is 23.5. The van der Waals surface area contributed by atoms with E-state index < -0.39 is 15.8 Å². The lowest BCUT2D eigenvalue weighted by Gasteiger charge is -2.12. The van der Waals surface area contributed by atoms with Gasteiger partial charge in [-0.2, -0.15) is 0 Å². The van der Waals surface area contributed by atoms with Crippen molar-refractivity contribution in [1.29, 1.82) is 0 Å². The van der Waals surface area contributed by atoms with Gasteiger partial charge in [-0.3, -0.25) is 0 Å². The van der Waals surface area contributed by atoms with Crippen molar-refractivity contribution in [1.82, 2.24) is 5.32 Å². The number of benzene rings is 1. The van der Waals surface area contributed by atoms with Crippen LogP contribution in [0.15, 0.2) is 18.2 Å². The van der Waals surface area contributed by atoms with Crippen molar-refractivity contribution in [3.8, 4) is 0 Å². The summed E-state index contributed by atoms with van der Waals surface area (Å²) in [6.45, 7) is 1.81. The molecule has 1 atom stereocenters. The highest BCUT2D eigenvalue weighted by atomic mass is 32.2. The van der Waals surface area contributed by atoms with Crippen LogP contribution in [0.2, 0.25) is 0 Å². The molecule has 3 nitrogen and oxygen atoms in total. The van der Waals surface area contributed by atoms with Gasteiger partial charge < -0.3 is 9.87 Å². The number of rotatable bonds is 2. The summed E-state index contributed by atoms with van der Waals surface area (Å²) >= 11 is -1.73. The minimum absolute atomic E-state index is 0.447. The average Bonchev–Trinajstić information content (AvgIpc) is 2.91. The minimum atomic E-state index is -1.73. The topological polar surface area (TPSA) is 49.3 Å². The highest BCUT2D eigenvalue weighted by molar-refractivity contribution is 7.80. The lowest BCUT2D eigenvalue weighted by molar-refractivity contribution is 0.547. The molecule has 15 heavy (non-hydrogen) atoms. The Kier molecular flexibility index (Phi) is 1.99. The van der Waals surface area contributed by atoms with Gasteiger partial charge in [0.15, 0.2) is 11.1 Å². The first kappa shape index (κ1) is 9.51. The van der Waals surface area contributed by atoms with Gasteiger partial charge in [-0.1, -0.05) is 18.2 Å². The number of hydrogen-bond donors (Lipinski definition) is 2. The van der Waals surface area contributed by atoms with Crippen molar-refractivity contribution >= 4 is 11.1 Å². The maximum Gasteiger partial charge on any atom is 0.163 e. The molecule has 1 aliphatic heterocycles. The Morgan fingerprint density at radius 3 is 2.67 bits per heavy atom. The Labute approximate surface area is 91.2 Å². The molecular weight excluding hydrogens is 210 g/mol. The molecule has 2 N–H and O–H groups in total. The number of hydrogen-bond acceptors (Lipinski definition) is 2. The maximum absolute atomic E-state index is 11.3. The second kappa shape index (κ2) is 3.14. The lowest BCUT2D eigenvalue weighted by atomic mass is 10.0. The van der Waals surface area contributed by atoms with Crippen LogP contribution in [0.1, 0.15) is 29.5 Å². The molecule has 0 spiro atoms. The summed E-state index contributed by atoms with van der Waals surface area (Å²) in [7, 11) is 0. The molecule has 0 saturated heterocycles. The summed E-state index contributed by atoms with van der Waals surface area (Å²) in [5.74, 6) is 0. The predicted molar refractivity (Wildman–Crippen MR) is 58.7 cm³/mol. The molecule has 1 saturated carbocycles. The van der Waals surface area contributed by atoms with Crippen molar-refractivity contribution in [3.05, 3.63) is 34.9 Å². The fourth-order valence-electron chi connectivity index (χ4n) is 2.26. The van der Waals surface area contributed by atoms with Crippen molar-refractivity contribution in [2.45, 2.75) is 30.7 Å². The second-order valence-electron chi connectivity index (χ2n) is 4.33. The standard InChI is InChI=1S/C11H13NO2S/c13-15(14)11(3-4-11)10-2-1-8-6-12-7-9(8)5-10/h1-2,5,12H,3-4,6-7H2,(H,13,14). The van der Waals surface area contributed by atoms with Crippen molar-refractivity contribution in [3.63, 3.8) is 0 Å². The van der Waals surface area contributed by atoms with E-state index in [1.165, 1.54) is 11.1 Å². The van der Waals surface area contributed by atoms with Gasteiger partial charge in [0.05, 0.1) is 4.75 Å².